The first-order valence-corrected chi connectivity index (χ1v) is 6.61. The Kier molecular flexibility index (Phi) is 3.90. The maximum absolute atomic E-state index is 11.6. The molecule has 1 aromatic rings. The van der Waals surface area contributed by atoms with Crippen molar-refractivity contribution in [1.29, 1.82) is 0 Å². The van der Waals surface area contributed by atoms with Crippen molar-refractivity contribution in [3.8, 4) is 0 Å². The van der Waals surface area contributed by atoms with E-state index in [4.69, 9.17) is 4.74 Å². The van der Waals surface area contributed by atoms with Gasteiger partial charge >= 0.3 is 5.97 Å². The summed E-state index contributed by atoms with van der Waals surface area (Å²) >= 11 is 0. The summed E-state index contributed by atoms with van der Waals surface area (Å²) < 4.78 is 4.84. The van der Waals surface area contributed by atoms with Crippen LogP contribution in [-0.4, -0.2) is 19.6 Å². The van der Waals surface area contributed by atoms with E-state index in [9.17, 15) is 4.79 Å². The second kappa shape index (κ2) is 5.42. The number of methoxy groups -OCH3 is 1. The number of aryl methyl sites for hydroxylation is 1. The number of rotatable bonds is 6. The zero-order valence-electron chi connectivity index (χ0n) is 11.2. The maximum Gasteiger partial charge on any atom is 0.313 e. The Hall–Kier alpha value is -1.51. The first-order valence-electron chi connectivity index (χ1n) is 6.61. The number of carbonyl (C=O) groups excluding carboxylic acids is 1. The van der Waals surface area contributed by atoms with Gasteiger partial charge in [-0.25, -0.2) is 0 Å². The summed E-state index contributed by atoms with van der Waals surface area (Å²) in [6, 6.07) is 8.45. The maximum atomic E-state index is 11.6. The lowest BCUT2D eigenvalue weighted by Gasteiger charge is -2.14. The van der Waals surface area contributed by atoms with Gasteiger partial charge in [-0.15, -0.1) is 0 Å². The summed E-state index contributed by atoms with van der Waals surface area (Å²) in [6.07, 6.45) is 4.14. The molecule has 1 aliphatic carbocycles. The lowest BCUT2D eigenvalue weighted by atomic mass is 10.1. The minimum absolute atomic E-state index is 0.0856. The Balaban J connectivity index is 1.89. The molecule has 3 nitrogen and oxygen atoms in total. The quantitative estimate of drug-likeness (QED) is 0.785. The molecule has 3 heteroatoms. The molecule has 0 aromatic heterocycles. The van der Waals surface area contributed by atoms with Crippen molar-refractivity contribution in [1.82, 2.24) is 0 Å². The van der Waals surface area contributed by atoms with E-state index in [-0.39, 0.29) is 11.4 Å². The molecule has 0 saturated heterocycles. The molecule has 1 saturated carbocycles. The van der Waals surface area contributed by atoms with Crippen molar-refractivity contribution in [2.24, 2.45) is 5.41 Å². The van der Waals surface area contributed by atoms with E-state index in [0.29, 0.717) is 6.54 Å². The molecule has 1 aliphatic rings. The molecule has 18 heavy (non-hydrogen) atoms. The minimum atomic E-state index is -0.267. The molecule has 98 valence electrons. The van der Waals surface area contributed by atoms with E-state index in [1.807, 2.05) is 0 Å². The van der Waals surface area contributed by atoms with Crippen LogP contribution < -0.4 is 5.32 Å². The topological polar surface area (TPSA) is 38.3 Å². The number of nitrogens with one attached hydrogen (secondary N) is 1. The highest BCUT2D eigenvalue weighted by molar-refractivity contribution is 5.80. The first kappa shape index (κ1) is 12.9. The summed E-state index contributed by atoms with van der Waals surface area (Å²) in [5.74, 6) is -0.0856. The van der Waals surface area contributed by atoms with Crippen molar-refractivity contribution < 1.29 is 9.53 Å². The van der Waals surface area contributed by atoms with Crippen LogP contribution in [0.1, 0.15) is 31.7 Å². The number of esters is 1. The molecular formula is C15H21NO2. The van der Waals surface area contributed by atoms with Gasteiger partial charge < -0.3 is 10.1 Å². The Morgan fingerprint density at radius 1 is 1.33 bits per heavy atom. The second-order valence-electron chi connectivity index (χ2n) is 5.07. The van der Waals surface area contributed by atoms with Crippen LogP contribution in [0.2, 0.25) is 0 Å². The van der Waals surface area contributed by atoms with Crippen molar-refractivity contribution in [2.75, 3.05) is 19.0 Å². The molecule has 2 rings (SSSR count). The van der Waals surface area contributed by atoms with Crippen molar-refractivity contribution in [2.45, 2.75) is 32.6 Å². The summed E-state index contributed by atoms with van der Waals surface area (Å²) in [5.41, 5.74) is 2.17. The number of ether oxygens (including phenoxy) is 1. The van der Waals surface area contributed by atoms with Gasteiger partial charge in [-0.2, -0.15) is 0 Å². The van der Waals surface area contributed by atoms with E-state index in [1.165, 1.54) is 12.7 Å². The van der Waals surface area contributed by atoms with Crippen LogP contribution in [0.4, 0.5) is 5.69 Å². The smallest absolute Gasteiger partial charge is 0.313 e. The van der Waals surface area contributed by atoms with Gasteiger partial charge in [-0.05, 0) is 37.0 Å². The fourth-order valence-electron chi connectivity index (χ4n) is 2.17. The molecular weight excluding hydrogens is 226 g/mol. The number of hydrogen-bond donors (Lipinski definition) is 1. The van der Waals surface area contributed by atoms with Gasteiger partial charge in [0, 0.05) is 12.2 Å². The van der Waals surface area contributed by atoms with Gasteiger partial charge in [0.25, 0.3) is 0 Å². The van der Waals surface area contributed by atoms with Gasteiger partial charge in [0.1, 0.15) is 0 Å². The molecule has 0 radical (unpaired) electrons. The molecule has 0 unspecified atom stereocenters. The Labute approximate surface area is 109 Å². The SMILES string of the molecule is CCCc1ccc(NCC2(C(=O)OC)CC2)cc1. The Morgan fingerprint density at radius 2 is 2.00 bits per heavy atom. The van der Waals surface area contributed by atoms with Gasteiger partial charge in [-0.3, -0.25) is 4.79 Å². The van der Waals surface area contributed by atoms with Crippen LogP contribution in [0.15, 0.2) is 24.3 Å². The third kappa shape index (κ3) is 2.84. The monoisotopic (exact) mass is 247 g/mol. The number of carbonyl (C=O) groups is 1. The van der Waals surface area contributed by atoms with E-state index in [1.54, 1.807) is 0 Å². The average molecular weight is 247 g/mol. The largest absolute Gasteiger partial charge is 0.469 e. The fraction of sp³-hybridized carbons (Fsp3) is 0.533. The minimum Gasteiger partial charge on any atom is -0.469 e. The zero-order valence-corrected chi connectivity index (χ0v) is 11.2. The van der Waals surface area contributed by atoms with Crippen LogP contribution in [0.25, 0.3) is 0 Å². The van der Waals surface area contributed by atoms with Crippen molar-refractivity contribution >= 4 is 11.7 Å². The summed E-state index contributed by atoms with van der Waals surface area (Å²) in [7, 11) is 1.46. The zero-order chi connectivity index (χ0) is 13.0. The summed E-state index contributed by atoms with van der Waals surface area (Å²) in [4.78, 5) is 11.6. The van der Waals surface area contributed by atoms with Crippen molar-refractivity contribution in [3.05, 3.63) is 29.8 Å². The van der Waals surface area contributed by atoms with Gasteiger partial charge in [0.2, 0.25) is 0 Å². The Bertz CT molecular complexity index is 407. The predicted octanol–water partition coefficient (Wildman–Crippen LogP) is 3.00. The fourth-order valence-corrected chi connectivity index (χ4v) is 2.17. The number of benzene rings is 1. The molecule has 0 bridgehead atoms. The first-order chi connectivity index (χ1) is 8.70. The average Bonchev–Trinajstić information content (AvgIpc) is 3.19. The van der Waals surface area contributed by atoms with Gasteiger partial charge in [0.15, 0.2) is 0 Å². The van der Waals surface area contributed by atoms with E-state index in [2.05, 4.69) is 36.5 Å². The molecule has 0 atom stereocenters. The van der Waals surface area contributed by atoms with Crippen LogP contribution in [-0.2, 0) is 16.0 Å². The molecule has 1 fully saturated rings. The lowest BCUT2D eigenvalue weighted by Crippen LogP contribution is -2.25. The highest BCUT2D eigenvalue weighted by atomic mass is 16.5. The van der Waals surface area contributed by atoms with E-state index < -0.39 is 0 Å². The third-order valence-electron chi connectivity index (χ3n) is 3.60. The second-order valence-corrected chi connectivity index (χ2v) is 5.07. The lowest BCUT2D eigenvalue weighted by molar-refractivity contribution is -0.146. The summed E-state index contributed by atoms with van der Waals surface area (Å²) in [6.45, 7) is 2.85. The number of hydrogen-bond acceptors (Lipinski definition) is 3. The molecule has 1 N–H and O–H groups in total. The number of anilines is 1. The molecule has 0 amide bonds. The van der Waals surface area contributed by atoms with Gasteiger partial charge in [0.05, 0.1) is 12.5 Å². The third-order valence-corrected chi connectivity index (χ3v) is 3.60. The van der Waals surface area contributed by atoms with Crippen LogP contribution >= 0.6 is 0 Å². The van der Waals surface area contributed by atoms with E-state index >= 15 is 0 Å². The Morgan fingerprint density at radius 3 is 2.50 bits per heavy atom. The standard InChI is InChI=1S/C15H21NO2/c1-3-4-12-5-7-13(8-6-12)16-11-15(9-10-15)14(17)18-2/h5-8,16H,3-4,9-11H2,1-2H3. The van der Waals surface area contributed by atoms with Crippen LogP contribution in [0.5, 0.6) is 0 Å². The molecule has 1 aromatic carbocycles. The van der Waals surface area contributed by atoms with Crippen LogP contribution in [0, 0.1) is 5.41 Å². The van der Waals surface area contributed by atoms with E-state index in [0.717, 1.165) is 31.4 Å². The molecule has 0 aliphatic heterocycles. The molecule has 0 spiro atoms. The highest BCUT2D eigenvalue weighted by Crippen LogP contribution is 2.46. The molecule has 0 heterocycles. The van der Waals surface area contributed by atoms with Crippen LogP contribution in [0.3, 0.4) is 0 Å². The predicted molar refractivity (Wildman–Crippen MR) is 72.6 cm³/mol. The summed E-state index contributed by atoms with van der Waals surface area (Å²) in [5, 5.41) is 3.33. The highest BCUT2D eigenvalue weighted by Gasteiger charge is 2.50. The van der Waals surface area contributed by atoms with Crippen molar-refractivity contribution in [3.63, 3.8) is 0 Å². The van der Waals surface area contributed by atoms with Gasteiger partial charge in [-0.1, -0.05) is 25.5 Å². The normalized spacial score (nSPS) is 16.1.